The lowest BCUT2D eigenvalue weighted by atomic mass is 10.0. The average Bonchev–Trinajstić information content (AvgIpc) is 3.11. The minimum Gasteiger partial charge on any atom is -0.266 e. The normalized spacial score (nSPS) is 14.2. The summed E-state index contributed by atoms with van der Waals surface area (Å²) >= 11 is 3.28. The Morgan fingerprint density at radius 2 is 1.82 bits per heavy atom. The molecule has 148 valence electrons. The summed E-state index contributed by atoms with van der Waals surface area (Å²) in [5.74, 6) is -0.656. The molecule has 0 aliphatic carbocycles. The molecule has 0 saturated heterocycles. The number of anilines is 1. The first-order chi connectivity index (χ1) is 13.1. The van der Waals surface area contributed by atoms with E-state index in [4.69, 9.17) is 0 Å². The first-order valence-corrected chi connectivity index (χ1v) is 10.7. The number of nitrogens with zero attached hydrogens (tertiary/aromatic N) is 3. The van der Waals surface area contributed by atoms with Gasteiger partial charge in [-0.1, -0.05) is 28.1 Å². The van der Waals surface area contributed by atoms with Gasteiger partial charge in [-0.3, -0.25) is 4.31 Å². The Balaban J connectivity index is 1.84. The van der Waals surface area contributed by atoms with Crippen LogP contribution in [-0.2, 0) is 16.6 Å². The Morgan fingerprint density at radius 1 is 1.14 bits per heavy atom. The fraction of sp³-hybridized carbons (Fsp3) is 0.222. The summed E-state index contributed by atoms with van der Waals surface area (Å²) in [6.45, 7) is -0.210. The summed E-state index contributed by atoms with van der Waals surface area (Å²) in [5, 5.41) is 7.10. The van der Waals surface area contributed by atoms with E-state index in [0.29, 0.717) is 11.3 Å². The van der Waals surface area contributed by atoms with Gasteiger partial charge in [0.1, 0.15) is 11.5 Å². The summed E-state index contributed by atoms with van der Waals surface area (Å²) in [4.78, 5) is 0. The van der Waals surface area contributed by atoms with Crippen LogP contribution in [0.4, 0.5) is 18.9 Å². The molecule has 0 fully saturated rings. The molecule has 28 heavy (non-hydrogen) atoms. The largest absolute Gasteiger partial charge is 0.278 e. The van der Waals surface area contributed by atoms with Crippen molar-refractivity contribution in [1.82, 2.24) is 0 Å². The van der Waals surface area contributed by atoms with Gasteiger partial charge < -0.3 is 0 Å². The zero-order chi connectivity index (χ0) is 20.5. The predicted octanol–water partition coefficient (Wildman–Crippen LogP) is 4.37. The highest BCUT2D eigenvalue weighted by Gasteiger charge is 2.23. The van der Waals surface area contributed by atoms with Crippen LogP contribution in [0.5, 0.6) is 0 Å². The average molecular weight is 474 g/mol. The maximum atomic E-state index is 14.6. The van der Waals surface area contributed by atoms with Crippen molar-refractivity contribution in [1.29, 1.82) is 0 Å². The van der Waals surface area contributed by atoms with Gasteiger partial charge in [0.05, 0.1) is 24.2 Å². The predicted molar refractivity (Wildman–Crippen MR) is 106 cm³/mol. The van der Waals surface area contributed by atoms with E-state index in [2.05, 4.69) is 26.1 Å². The lowest BCUT2D eigenvalue weighted by Crippen LogP contribution is -2.29. The first kappa shape index (κ1) is 20.5. The number of halogens is 4. The van der Waals surface area contributed by atoms with Crippen LogP contribution in [0.15, 0.2) is 57.1 Å². The third kappa shape index (κ3) is 4.61. The number of sulfonamides is 1. The summed E-state index contributed by atoms with van der Waals surface area (Å²) < 4.78 is 66.2. The standard InChI is InChI=1S/C18H15BrF3N3O2S/c1-28(26,27)25(14-6-4-13(19)5-7-14)10-12-3-2-11(8-15(12)20)16-9-17(18(21)22)24-23-16/h2-8,18H,9-10H2,1H3. The van der Waals surface area contributed by atoms with Crippen molar-refractivity contribution < 1.29 is 21.6 Å². The first-order valence-electron chi connectivity index (χ1n) is 8.08. The Hall–Kier alpha value is -2.20. The number of benzene rings is 2. The quantitative estimate of drug-likeness (QED) is 0.625. The molecule has 0 bridgehead atoms. The van der Waals surface area contributed by atoms with Gasteiger partial charge in [-0.15, -0.1) is 0 Å². The molecule has 0 amide bonds. The van der Waals surface area contributed by atoms with E-state index in [0.717, 1.165) is 21.1 Å². The maximum Gasteiger partial charge on any atom is 0.278 e. The van der Waals surface area contributed by atoms with E-state index in [1.54, 1.807) is 24.3 Å². The minimum absolute atomic E-state index is 0.144. The Kier molecular flexibility index (Phi) is 5.90. The molecule has 0 atom stereocenters. The highest BCUT2D eigenvalue weighted by molar-refractivity contribution is 9.10. The highest BCUT2D eigenvalue weighted by Crippen LogP contribution is 2.25. The van der Waals surface area contributed by atoms with Crippen LogP contribution in [0, 0.1) is 5.82 Å². The minimum atomic E-state index is -3.66. The van der Waals surface area contributed by atoms with Gasteiger partial charge in [0.25, 0.3) is 6.43 Å². The van der Waals surface area contributed by atoms with Crippen LogP contribution >= 0.6 is 15.9 Å². The molecule has 5 nitrogen and oxygen atoms in total. The Labute approximate surface area is 168 Å². The van der Waals surface area contributed by atoms with Gasteiger partial charge in [0.2, 0.25) is 10.0 Å². The molecule has 1 aliphatic rings. The molecular weight excluding hydrogens is 459 g/mol. The summed E-state index contributed by atoms with van der Waals surface area (Å²) in [7, 11) is -3.66. The molecule has 2 aromatic carbocycles. The van der Waals surface area contributed by atoms with Crippen LogP contribution in [0.2, 0.25) is 0 Å². The monoisotopic (exact) mass is 473 g/mol. The molecule has 0 N–H and O–H groups in total. The topological polar surface area (TPSA) is 62.1 Å². The van der Waals surface area contributed by atoms with E-state index in [1.807, 2.05) is 0 Å². The van der Waals surface area contributed by atoms with Crippen molar-refractivity contribution >= 4 is 43.1 Å². The van der Waals surface area contributed by atoms with Crippen LogP contribution < -0.4 is 4.31 Å². The highest BCUT2D eigenvalue weighted by atomic mass is 79.9. The molecule has 0 saturated carbocycles. The maximum absolute atomic E-state index is 14.6. The van der Waals surface area contributed by atoms with Crippen LogP contribution in [0.25, 0.3) is 0 Å². The Morgan fingerprint density at radius 3 is 2.36 bits per heavy atom. The molecule has 2 aromatic rings. The van der Waals surface area contributed by atoms with Gasteiger partial charge in [-0.25, -0.2) is 21.6 Å². The summed E-state index contributed by atoms with van der Waals surface area (Å²) in [5.41, 5.74) is 0.747. The van der Waals surface area contributed by atoms with Crippen molar-refractivity contribution in [3.63, 3.8) is 0 Å². The van der Waals surface area contributed by atoms with E-state index < -0.39 is 22.3 Å². The second-order valence-corrected chi connectivity index (χ2v) is 8.99. The second kappa shape index (κ2) is 8.04. The molecular formula is C18H15BrF3N3O2S. The van der Waals surface area contributed by atoms with E-state index in [-0.39, 0.29) is 30.0 Å². The molecule has 0 radical (unpaired) electrons. The van der Waals surface area contributed by atoms with Crippen molar-refractivity contribution in [2.24, 2.45) is 10.2 Å². The molecule has 3 rings (SSSR count). The SMILES string of the molecule is CS(=O)(=O)N(Cc1ccc(C2=NN=C(C(F)F)C2)cc1F)c1ccc(Br)cc1. The molecule has 10 heteroatoms. The number of rotatable bonds is 6. The molecule has 1 aliphatic heterocycles. The summed E-state index contributed by atoms with van der Waals surface area (Å²) in [6, 6.07) is 10.7. The van der Waals surface area contributed by atoms with E-state index in [1.165, 1.54) is 12.1 Å². The van der Waals surface area contributed by atoms with Crippen molar-refractivity contribution in [3.8, 4) is 0 Å². The zero-order valence-corrected chi connectivity index (χ0v) is 17.0. The van der Waals surface area contributed by atoms with Crippen molar-refractivity contribution in [2.45, 2.75) is 19.4 Å². The van der Waals surface area contributed by atoms with E-state index >= 15 is 0 Å². The third-order valence-corrected chi connectivity index (χ3v) is 5.78. The smallest absolute Gasteiger partial charge is 0.266 e. The molecule has 0 unspecified atom stereocenters. The van der Waals surface area contributed by atoms with Gasteiger partial charge in [-0.05, 0) is 30.3 Å². The van der Waals surface area contributed by atoms with Crippen molar-refractivity contribution in [2.75, 3.05) is 10.6 Å². The second-order valence-electron chi connectivity index (χ2n) is 6.17. The van der Waals surface area contributed by atoms with Gasteiger partial charge in [0, 0.05) is 22.0 Å². The fourth-order valence-electron chi connectivity index (χ4n) is 2.66. The zero-order valence-electron chi connectivity index (χ0n) is 14.6. The Bertz CT molecular complexity index is 1050. The van der Waals surface area contributed by atoms with Crippen LogP contribution in [-0.4, -0.2) is 32.5 Å². The lowest BCUT2D eigenvalue weighted by molar-refractivity contribution is 0.224. The number of hydrogen-bond donors (Lipinski definition) is 0. The van der Waals surface area contributed by atoms with Gasteiger partial charge >= 0.3 is 0 Å². The van der Waals surface area contributed by atoms with Gasteiger partial charge in [-0.2, -0.15) is 10.2 Å². The van der Waals surface area contributed by atoms with Crippen molar-refractivity contribution in [3.05, 3.63) is 63.9 Å². The van der Waals surface area contributed by atoms with E-state index in [9.17, 15) is 21.6 Å². The van der Waals surface area contributed by atoms with Crippen LogP contribution in [0.1, 0.15) is 17.5 Å². The molecule has 1 heterocycles. The summed E-state index contributed by atoms with van der Waals surface area (Å²) in [6.07, 6.45) is -1.82. The molecule has 0 aromatic heterocycles. The number of hydrogen-bond acceptors (Lipinski definition) is 4. The lowest BCUT2D eigenvalue weighted by Gasteiger charge is -2.23. The van der Waals surface area contributed by atoms with Crippen LogP contribution in [0.3, 0.4) is 0 Å². The molecule has 0 spiro atoms. The fourth-order valence-corrected chi connectivity index (χ4v) is 3.81. The third-order valence-electron chi connectivity index (χ3n) is 4.11. The van der Waals surface area contributed by atoms with Gasteiger partial charge in [0.15, 0.2) is 0 Å². The number of alkyl halides is 2.